The van der Waals surface area contributed by atoms with Crippen LogP contribution in [-0.2, 0) is 0 Å². The molecule has 0 saturated heterocycles. The Hall–Kier alpha value is -8.18. The molecule has 0 fully saturated rings. The SMILES string of the molecule is c1ccc(-n2c3ccccc3c3cccc(-n4c5ccc([Si](c6ccccc6)(c6ccccc6)c6ccccc6)cc5c5cccc(-n6c7ccccc7c7ccccc76)c54)c32)cc1. The molecule has 0 aliphatic rings. The van der Waals surface area contributed by atoms with Crippen molar-refractivity contribution in [3.05, 3.63) is 249 Å². The van der Waals surface area contributed by atoms with Gasteiger partial charge in [0.2, 0.25) is 0 Å². The lowest BCUT2D eigenvalue weighted by Crippen LogP contribution is -2.74. The lowest BCUT2D eigenvalue weighted by atomic mass is 10.1. The lowest BCUT2D eigenvalue weighted by Gasteiger charge is -2.34. The van der Waals surface area contributed by atoms with Crippen LogP contribution in [0.25, 0.3) is 82.5 Å². The van der Waals surface area contributed by atoms with Crippen LogP contribution < -0.4 is 20.7 Å². The molecule has 0 N–H and O–H groups in total. The van der Waals surface area contributed by atoms with E-state index in [4.69, 9.17) is 0 Å². The Morgan fingerprint density at radius 2 is 0.609 bits per heavy atom. The minimum atomic E-state index is -2.85. The Kier molecular flexibility index (Phi) is 8.23. The highest BCUT2D eigenvalue weighted by Gasteiger charge is 2.41. The molecule has 0 aliphatic carbocycles. The van der Waals surface area contributed by atoms with E-state index >= 15 is 0 Å². The Labute approximate surface area is 372 Å². The minimum Gasteiger partial charge on any atom is -0.307 e. The van der Waals surface area contributed by atoms with Crippen LogP contribution in [0.15, 0.2) is 249 Å². The van der Waals surface area contributed by atoms with Gasteiger partial charge in [-0.2, -0.15) is 0 Å². The van der Waals surface area contributed by atoms with Crippen LogP contribution in [0.4, 0.5) is 0 Å². The molecule has 13 rings (SSSR count). The Morgan fingerprint density at radius 3 is 1.14 bits per heavy atom. The molecule has 0 atom stereocenters. The quantitative estimate of drug-likeness (QED) is 0.112. The van der Waals surface area contributed by atoms with Crippen LogP contribution in [0.3, 0.4) is 0 Å². The molecule has 64 heavy (non-hydrogen) atoms. The van der Waals surface area contributed by atoms with Crippen molar-refractivity contribution in [2.24, 2.45) is 0 Å². The monoisotopic (exact) mass is 831 g/mol. The molecule has 0 amide bonds. The molecular formula is C60H41N3Si. The number of aromatic nitrogens is 3. The molecule has 0 saturated carbocycles. The lowest BCUT2D eigenvalue weighted by molar-refractivity contribution is 1.11. The number of hydrogen-bond donors (Lipinski definition) is 0. The number of hydrogen-bond acceptors (Lipinski definition) is 0. The van der Waals surface area contributed by atoms with E-state index in [1.54, 1.807) is 0 Å². The van der Waals surface area contributed by atoms with Crippen molar-refractivity contribution in [2.45, 2.75) is 0 Å². The predicted octanol–water partition coefficient (Wildman–Crippen LogP) is 12.4. The smallest absolute Gasteiger partial charge is 0.179 e. The minimum absolute atomic E-state index is 1.14. The van der Waals surface area contributed by atoms with Crippen molar-refractivity contribution < 1.29 is 0 Å². The van der Waals surface area contributed by atoms with Crippen molar-refractivity contribution >= 4 is 94.2 Å². The van der Waals surface area contributed by atoms with Crippen molar-refractivity contribution in [2.75, 3.05) is 0 Å². The summed E-state index contributed by atoms with van der Waals surface area (Å²) < 4.78 is 7.53. The first-order valence-corrected chi connectivity index (χ1v) is 24.1. The summed E-state index contributed by atoms with van der Waals surface area (Å²) in [5, 5.41) is 12.8. The number of rotatable bonds is 7. The summed E-state index contributed by atoms with van der Waals surface area (Å²) in [5.41, 5.74) is 10.5. The molecule has 3 aromatic heterocycles. The first kappa shape index (κ1) is 36.5. The van der Waals surface area contributed by atoms with Crippen molar-refractivity contribution in [1.82, 2.24) is 13.7 Å². The van der Waals surface area contributed by atoms with Gasteiger partial charge >= 0.3 is 0 Å². The molecule has 0 spiro atoms. The maximum atomic E-state index is 2.57. The van der Waals surface area contributed by atoms with Gasteiger partial charge in [0.05, 0.1) is 44.5 Å². The fourth-order valence-corrected chi connectivity index (χ4v) is 15.8. The van der Waals surface area contributed by atoms with Crippen molar-refractivity contribution in [1.29, 1.82) is 0 Å². The zero-order chi connectivity index (χ0) is 42.2. The normalized spacial score (nSPS) is 12.1. The molecule has 4 heteroatoms. The zero-order valence-corrected chi connectivity index (χ0v) is 36.0. The Morgan fingerprint density at radius 1 is 0.234 bits per heavy atom. The summed E-state index contributed by atoms with van der Waals surface area (Å²) in [4.78, 5) is 0. The van der Waals surface area contributed by atoms with Gasteiger partial charge in [0.15, 0.2) is 8.07 Å². The largest absolute Gasteiger partial charge is 0.307 e. The van der Waals surface area contributed by atoms with E-state index in [1.807, 2.05) is 0 Å². The average Bonchev–Trinajstić information content (AvgIpc) is 4.02. The summed E-state index contributed by atoms with van der Waals surface area (Å²) in [6.07, 6.45) is 0. The second kappa shape index (κ2) is 14.5. The molecule has 3 nitrogen and oxygen atoms in total. The first-order valence-electron chi connectivity index (χ1n) is 22.1. The number of para-hydroxylation sites is 6. The van der Waals surface area contributed by atoms with E-state index in [-0.39, 0.29) is 0 Å². The molecule has 3 heterocycles. The van der Waals surface area contributed by atoms with Crippen molar-refractivity contribution in [3.63, 3.8) is 0 Å². The van der Waals surface area contributed by atoms with E-state index in [0.717, 1.165) is 17.1 Å². The second-order valence-electron chi connectivity index (χ2n) is 16.8. The van der Waals surface area contributed by atoms with Gasteiger partial charge in [-0.25, -0.2) is 0 Å². The fraction of sp³-hybridized carbons (Fsp3) is 0. The molecule has 0 aliphatic heterocycles. The number of fused-ring (bicyclic) bond motifs is 9. The Balaban J connectivity index is 1.22. The second-order valence-corrected chi connectivity index (χ2v) is 20.6. The third-order valence-electron chi connectivity index (χ3n) is 13.6. The molecule has 13 aromatic rings. The van der Waals surface area contributed by atoms with Gasteiger partial charge in [-0.1, -0.05) is 200 Å². The average molecular weight is 832 g/mol. The number of benzene rings is 10. The van der Waals surface area contributed by atoms with E-state index < -0.39 is 8.07 Å². The first-order chi connectivity index (χ1) is 31.8. The topological polar surface area (TPSA) is 14.8 Å². The van der Waals surface area contributed by atoms with E-state index in [1.165, 1.54) is 86.2 Å². The highest BCUT2D eigenvalue weighted by molar-refractivity contribution is 7.20. The highest BCUT2D eigenvalue weighted by Crippen LogP contribution is 2.43. The molecule has 300 valence electrons. The van der Waals surface area contributed by atoms with Gasteiger partial charge in [-0.05, 0) is 69.3 Å². The van der Waals surface area contributed by atoms with E-state index in [0.29, 0.717) is 0 Å². The van der Waals surface area contributed by atoms with Gasteiger partial charge in [0.25, 0.3) is 0 Å². The summed E-state index contributed by atoms with van der Waals surface area (Å²) >= 11 is 0. The molecule has 0 unspecified atom stereocenters. The molecule has 0 bridgehead atoms. The van der Waals surface area contributed by atoms with Crippen LogP contribution in [0.5, 0.6) is 0 Å². The van der Waals surface area contributed by atoms with E-state index in [9.17, 15) is 0 Å². The Bertz CT molecular complexity index is 3730. The summed E-state index contributed by atoms with van der Waals surface area (Å²) in [6, 6.07) is 92.4. The van der Waals surface area contributed by atoms with Gasteiger partial charge in [0, 0.05) is 38.0 Å². The van der Waals surface area contributed by atoms with Crippen LogP contribution in [0, 0.1) is 0 Å². The third kappa shape index (κ3) is 5.21. The molecule has 10 aromatic carbocycles. The number of nitrogens with zero attached hydrogens (tertiary/aromatic N) is 3. The third-order valence-corrected chi connectivity index (χ3v) is 18.3. The predicted molar refractivity (Wildman–Crippen MR) is 273 cm³/mol. The van der Waals surface area contributed by atoms with E-state index in [2.05, 4.69) is 262 Å². The summed E-state index contributed by atoms with van der Waals surface area (Å²) in [5.74, 6) is 0. The maximum Gasteiger partial charge on any atom is 0.179 e. The van der Waals surface area contributed by atoms with Gasteiger partial charge < -0.3 is 13.7 Å². The van der Waals surface area contributed by atoms with Crippen LogP contribution >= 0.6 is 0 Å². The van der Waals surface area contributed by atoms with Gasteiger partial charge in [-0.3, -0.25) is 0 Å². The summed E-state index contributed by atoms with van der Waals surface area (Å²) in [6.45, 7) is 0. The summed E-state index contributed by atoms with van der Waals surface area (Å²) in [7, 11) is -2.85. The van der Waals surface area contributed by atoms with Crippen molar-refractivity contribution in [3.8, 4) is 17.1 Å². The zero-order valence-electron chi connectivity index (χ0n) is 35.0. The molecule has 0 radical (unpaired) electrons. The van der Waals surface area contributed by atoms with Crippen LogP contribution in [0.2, 0.25) is 0 Å². The highest BCUT2D eigenvalue weighted by atomic mass is 28.3. The van der Waals surface area contributed by atoms with Crippen LogP contribution in [-0.4, -0.2) is 21.8 Å². The standard InChI is InChI=1S/C60H41N3Si/c1-5-21-42(22-6-1)61-53-34-16-15-31-49(53)50-32-19-38-58(59(50)61)63-56-40-39-46(64(43-23-7-2-8-24-43,44-25-9-3-10-26-44)45-27-11-4-12-28-45)41-52(56)51-33-20-37-57(60(51)63)62-54-35-17-13-29-47(54)48-30-14-18-36-55(48)62/h1-41H. The molecular weight excluding hydrogens is 791 g/mol. The van der Waals surface area contributed by atoms with Gasteiger partial charge in [0.1, 0.15) is 0 Å². The maximum absolute atomic E-state index is 2.85. The van der Waals surface area contributed by atoms with Crippen LogP contribution in [0.1, 0.15) is 0 Å². The van der Waals surface area contributed by atoms with Gasteiger partial charge in [-0.15, -0.1) is 0 Å². The fourth-order valence-electron chi connectivity index (χ4n) is 11.0.